The maximum absolute atomic E-state index is 13.5. The molecule has 0 bridgehead atoms. The minimum absolute atomic E-state index is 0.0632. The van der Waals surface area contributed by atoms with Gasteiger partial charge in [-0.15, -0.1) is 0 Å². The molecular weight excluding hydrogens is 1120 g/mol. The van der Waals surface area contributed by atoms with Crippen LogP contribution in [0, 0.1) is 28.1 Å². The first-order valence-electron chi connectivity index (χ1n) is 28.6. The van der Waals surface area contributed by atoms with Gasteiger partial charge < -0.3 is 113 Å². The molecule has 4 rings (SSSR count). The Kier molecular flexibility index (Phi) is 26.7. The van der Waals surface area contributed by atoms with Crippen molar-refractivity contribution in [1.29, 1.82) is 0 Å². The molecule has 0 spiro atoms. The van der Waals surface area contributed by atoms with Crippen LogP contribution in [0.2, 0.25) is 0 Å². The maximum Gasteiger partial charge on any atom is 0.335 e. The quantitative estimate of drug-likeness (QED) is 0.0270. The first kappa shape index (κ1) is 73.1. The molecule has 12 N–H and O–H groups in total. The van der Waals surface area contributed by atoms with Gasteiger partial charge in [-0.1, -0.05) is 67.5 Å². The number of carboxylic acids is 1. The second-order valence-electron chi connectivity index (χ2n) is 24.7. The lowest BCUT2D eigenvalue weighted by molar-refractivity contribution is -0.387. The fraction of sp³-hybridized carbons (Fsp3) is 0.860. The summed E-state index contributed by atoms with van der Waals surface area (Å²) in [4.78, 5) is 52.5. The van der Waals surface area contributed by atoms with E-state index in [1.165, 1.54) is 46.8 Å². The Morgan fingerprint density at radius 2 is 1.10 bits per heavy atom. The van der Waals surface area contributed by atoms with Crippen molar-refractivity contribution in [3.8, 4) is 0 Å². The summed E-state index contributed by atoms with van der Waals surface area (Å²) in [5.41, 5.74) is -3.01. The van der Waals surface area contributed by atoms with Gasteiger partial charge in [0.1, 0.15) is 79.9 Å². The van der Waals surface area contributed by atoms with E-state index in [0.717, 1.165) is 13.3 Å². The summed E-state index contributed by atoms with van der Waals surface area (Å²) in [5, 5.41) is 135. The number of carbonyl (C=O) groups is 4. The summed E-state index contributed by atoms with van der Waals surface area (Å²) < 4.78 is 65.5. The van der Waals surface area contributed by atoms with Crippen molar-refractivity contribution >= 4 is 23.9 Å². The minimum Gasteiger partial charge on any atom is -0.479 e. The third kappa shape index (κ3) is 17.1. The number of rotatable bonds is 28. The Balaban J connectivity index is 1.97. The molecule has 486 valence electrons. The number of hydrogen-bond donors (Lipinski definition) is 12. The molecular formula is C57H96O27. The zero-order valence-electron chi connectivity index (χ0n) is 50.8. The molecule has 27 nitrogen and oxygen atoms in total. The zero-order chi connectivity index (χ0) is 63.8. The Morgan fingerprint density at radius 3 is 1.58 bits per heavy atom. The van der Waals surface area contributed by atoms with Crippen molar-refractivity contribution in [3.05, 3.63) is 23.3 Å². The van der Waals surface area contributed by atoms with Crippen molar-refractivity contribution in [2.45, 2.75) is 264 Å². The molecule has 27 heteroatoms. The van der Waals surface area contributed by atoms with Crippen LogP contribution >= 0.6 is 0 Å². The third-order valence-electron chi connectivity index (χ3n) is 17.8. The fourth-order valence-corrected chi connectivity index (χ4v) is 10.1. The monoisotopic (exact) mass is 1210 g/mol. The number of aliphatic carboxylic acids is 1. The molecule has 0 aliphatic carbocycles. The molecule has 0 radical (unpaired) electrons. The van der Waals surface area contributed by atoms with Crippen molar-refractivity contribution < 1.29 is 133 Å². The van der Waals surface area contributed by atoms with Crippen LogP contribution in [0.5, 0.6) is 0 Å². The van der Waals surface area contributed by atoms with Gasteiger partial charge in [0.15, 0.2) is 43.5 Å². The summed E-state index contributed by atoms with van der Waals surface area (Å²) in [7, 11) is 0. The predicted octanol–water partition coefficient (Wildman–Crippen LogP) is -0.376. The van der Waals surface area contributed by atoms with E-state index in [0.29, 0.717) is 18.3 Å². The molecule has 4 aliphatic heterocycles. The molecule has 13 unspecified atom stereocenters. The zero-order valence-corrected chi connectivity index (χ0v) is 50.8. The lowest BCUT2D eigenvalue weighted by atomic mass is 9.60. The van der Waals surface area contributed by atoms with Gasteiger partial charge in [0.2, 0.25) is 0 Å². The van der Waals surface area contributed by atoms with Crippen LogP contribution in [-0.2, 0) is 71.3 Å². The van der Waals surface area contributed by atoms with E-state index < -0.39 is 201 Å². The summed E-state index contributed by atoms with van der Waals surface area (Å²) in [6.07, 6.45) is -40.4. The number of allylic oxidation sites excluding steroid dienone is 2. The third-order valence-corrected chi connectivity index (χ3v) is 17.8. The van der Waals surface area contributed by atoms with Crippen LogP contribution in [0.3, 0.4) is 0 Å². The van der Waals surface area contributed by atoms with Crippen LogP contribution in [0.1, 0.15) is 123 Å². The lowest BCUT2D eigenvalue weighted by Crippen LogP contribution is -2.67. The molecule has 4 saturated heterocycles. The van der Waals surface area contributed by atoms with Crippen LogP contribution in [0.15, 0.2) is 23.3 Å². The van der Waals surface area contributed by atoms with Crippen molar-refractivity contribution in [1.82, 2.24) is 0 Å². The van der Waals surface area contributed by atoms with Gasteiger partial charge in [-0.2, -0.15) is 0 Å². The largest absolute Gasteiger partial charge is 0.479 e. The molecule has 25 atom stereocenters. The van der Waals surface area contributed by atoms with Crippen molar-refractivity contribution in [2.75, 3.05) is 19.8 Å². The minimum atomic E-state index is -2.36. The average molecular weight is 1210 g/mol. The van der Waals surface area contributed by atoms with E-state index in [-0.39, 0.29) is 17.6 Å². The number of aliphatic hydroxyl groups is 11. The molecule has 0 aromatic carbocycles. The van der Waals surface area contributed by atoms with E-state index in [2.05, 4.69) is 20.8 Å². The van der Waals surface area contributed by atoms with Crippen LogP contribution in [-0.4, -0.2) is 246 Å². The molecule has 0 saturated carbocycles. The molecule has 0 amide bonds. The number of carboxylic acid groups (broad SMARTS) is 1. The Hall–Kier alpha value is -3.40. The normalized spacial score (nSPS) is 36.2. The molecule has 84 heavy (non-hydrogen) atoms. The Bertz CT molecular complexity index is 2200. The summed E-state index contributed by atoms with van der Waals surface area (Å²) in [6.45, 7) is 22.9. The van der Waals surface area contributed by atoms with Crippen LogP contribution < -0.4 is 0 Å². The lowest BCUT2D eigenvalue weighted by Gasteiger charge is -2.50. The van der Waals surface area contributed by atoms with Gasteiger partial charge in [-0.3, -0.25) is 4.79 Å². The van der Waals surface area contributed by atoms with Gasteiger partial charge in [0.25, 0.3) is 0 Å². The van der Waals surface area contributed by atoms with Gasteiger partial charge in [-0.05, 0) is 83.5 Å². The molecule has 0 aromatic heterocycles. The molecule has 4 aliphatic rings. The van der Waals surface area contributed by atoms with Gasteiger partial charge in [0.05, 0.1) is 43.0 Å². The predicted molar refractivity (Wildman–Crippen MR) is 290 cm³/mol. The first-order valence-corrected chi connectivity index (χ1v) is 28.6. The van der Waals surface area contributed by atoms with E-state index in [1.807, 2.05) is 27.7 Å². The van der Waals surface area contributed by atoms with Gasteiger partial charge in [0, 0.05) is 18.1 Å². The molecule has 0 aromatic rings. The number of carbonyl (C=O) groups excluding carboxylic acids is 3. The summed E-state index contributed by atoms with van der Waals surface area (Å²) >= 11 is 0. The van der Waals surface area contributed by atoms with Crippen LogP contribution in [0.4, 0.5) is 0 Å². The van der Waals surface area contributed by atoms with E-state index in [1.54, 1.807) is 13.8 Å². The number of esters is 3. The SMILES string of the molecule is C/C=C(/C)C(=O)OC1C(O)[C@H](O[C@H](C(C)O[C@@H]2OC(C(=O)O)[C@@H](O)C(O[C@@H]3O[C@@H](CO)C(O)C3O)C2O[C@@H]2OC(CO)[C@H](O)C(O)C2O)[C@H](O)[C@](C)(COC(C)=O)[C@H](O)CC(C)(C)C(C)(C)CCC(C)C(C)C)OC(C)[C@@H]1OC(=O)/C(C)=C\C. The average Bonchev–Trinajstić information content (AvgIpc) is 2.83. The molecule has 4 fully saturated rings. The van der Waals surface area contributed by atoms with E-state index in [9.17, 15) is 80.5 Å². The number of ether oxygens (including phenoxy) is 11. The molecule has 4 heterocycles. The van der Waals surface area contributed by atoms with Crippen molar-refractivity contribution in [2.24, 2.45) is 28.1 Å². The van der Waals surface area contributed by atoms with Crippen LogP contribution in [0.25, 0.3) is 0 Å². The second kappa shape index (κ2) is 30.7. The smallest absolute Gasteiger partial charge is 0.335 e. The highest BCUT2D eigenvalue weighted by Crippen LogP contribution is 2.49. The van der Waals surface area contributed by atoms with Gasteiger partial charge >= 0.3 is 23.9 Å². The van der Waals surface area contributed by atoms with Gasteiger partial charge in [-0.25, -0.2) is 14.4 Å². The maximum atomic E-state index is 13.5. The highest BCUT2D eigenvalue weighted by Gasteiger charge is 2.59. The summed E-state index contributed by atoms with van der Waals surface area (Å²) in [5.74, 6) is -3.78. The first-order chi connectivity index (χ1) is 38.9. The number of aliphatic hydroxyl groups excluding tert-OH is 11. The topological polar surface area (TPSA) is 413 Å². The number of hydrogen-bond acceptors (Lipinski definition) is 26. The highest BCUT2D eigenvalue weighted by atomic mass is 16.8. The Labute approximate surface area is 490 Å². The van der Waals surface area contributed by atoms with E-state index >= 15 is 0 Å². The fourth-order valence-electron chi connectivity index (χ4n) is 10.1. The summed E-state index contributed by atoms with van der Waals surface area (Å²) in [6, 6.07) is 0. The van der Waals surface area contributed by atoms with E-state index in [4.69, 9.17) is 52.1 Å². The standard InChI is InChI=1S/C57H96O27/c1-16-25(5)49(72)79-41-28(8)75-53(40(68)44(41)80-50(73)26(6)17-2)81-42(47(69)57(15,23-74-30(10)60)33(61)20-56(13,14)55(11,12)19-18-27(7)24(3)4)29(9)76-54-46(84-52-38(66)36(64)34(62)31(21-58)77-52)43(39(67)45(83-54)48(70)71)82-51-37(65)35(63)32(22-59)78-51/h16-17,24,27-29,31-47,51-54,58-59,61-69H,18-23H2,1-15H3,(H,70,71)/b25-16-,26-17-/t27?,28?,29?,31?,32-,33+,34-,35?,36?,37?,38?,39-,40?,41-,42+,43?,44?,45?,46?,47-,51-,52-,53-,54+,57+/m0/s1. The highest BCUT2D eigenvalue weighted by molar-refractivity contribution is 5.88. The second-order valence-corrected chi connectivity index (χ2v) is 24.7. The van der Waals surface area contributed by atoms with Crippen molar-refractivity contribution in [3.63, 3.8) is 0 Å². The Morgan fingerprint density at radius 1 is 0.595 bits per heavy atom.